The highest BCUT2D eigenvalue weighted by atomic mass is 127. The lowest BCUT2D eigenvalue weighted by molar-refractivity contribution is 0.597. The molecule has 4 N–H and O–H groups in total. The monoisotopic (exact) mass is 506 g/mol. The fourth-order valence-electron chi connectivity index (χ4n) is 2.27. The molecule has 2 aromatic carbocycles. The molecule has 0 aliphatic carbocycles. The van der Waals surface area contributed by atoms with E-state index in [1.165, 1.54) is 24.3 Å². The van der Waals surface area contributed by atoms with Crippen molar-refractivity contribution in [3.63, 3.8) is 0 Å². The first-order chi connectivity index (χ1) is 12.4. The number of benzene rings is 2. The third-order valence-electron chi connectivity index (χ3n) is 3.64. The molecule has 9 heteroatoms. The molecule has 0 atom stereocenters. The number of guanidine groups is 1. The van der Waals surface area contributed by atoms with Gasteiger partial charge in [0, 0.05) is 13.1 Å². The summed E-state index contributed by atoms with van der Waals surface area (Å²) in [6.07, 6.45) is 0.700. The molecular formula is C18H24FIN4O2S. The summed E-state index contributed by atoms with van der Waals surface area (Å²) in [5.41, 5.74) is 1.90. The lowest BCUT2D eigenvalue weighted by Crippen LogP contribution is -2.38. The summed E-state index contributed by atoms with van der Waals surface area (Å²) in [5, 5.41) is 11.5. The molecule has 148 valence electrons. The van der Waals surface area contributed by atoms with Crippen LogP contribution in [0.15, 0.2) is 58.4 Å². The first-order valence-electron chi connectivity index (χ1n) is 8.27. The summed E-state index contributed by atoms with van der Waals surface area (Å²) >= 11 is 0. The molecule has 0 radical (unpaired) electrons. The number of aliphatic imine (C=N–C) groups is 1. The summed E-state index contributed by atoms with van der Waals surface area (Å²) in [6.45, 7) is 3.77. The lowest BCUT2D eigenvalue weighted by atomic mass is 10.1. The van der Waals surface area contributed by atoms with E-state index in [0.29, 0.717) is 25.5 Å². The molecule has 0 bridgehead atoms. The highest BCUT2D eigenvalue weighted by molar-refractivity contribution is 14.0. The second-order valence-electron chi connectivity index (χ2n) is 5.69. The van der Waals surface area contributed by atoms with E-state index >= 15 is 0 Å². The molecule has 0 aromatic heterocycles. The van der Waals surface area contributed by atoms with Crippen LogP contribution in [0.3, 0.4) is 0 Å². The van der Waals surface area contributed by atoms with Gasteiger partial charge in [-0.2, -0.15) is 0 Å². The summed E-state index contributed by atoms with van der Waals surface area (Å²) in [5.74, 6) is 0.397. The SMILES string of the molecule is CCNC(=NCc1ccc(F)cc1)NCCc1ccc(S(N)(=O)=O)cc1.I. The van der Waals surface area contributed by atoms with Crippen LogP contribution in [-0.4, -0.2) is 27.5 Å². The van der Waals surface area contributed by atoms with Crippen molar-refractivity contribution < 1.29 is 12.8 Å². The Labute approximate surface area is 176 Å². The van der Waals surface area contributed by atoms with Crippen LogP contribution < -0.4 is 15.8 Å². The van der Waals surface area contributed by atoms with E-state index in [0.717, 1.165) is 17.7 Å². The zero-order valence-electron chi connectivity index (χ0n) is 15.0. The van der Waals surface area contributed by atoms with E-state index < -0.39 is 10.0 Å². The van der Waals surface area contributed by atoms with Gasteiger partial charge in [-0.3, -0.25) is 0 Å². The van der Waals surface area contributed by atoms with Crippen molar-refractivity contribution in [2.24, 2.45) is 10.1 Å². The minimum Gasteiger partial charge on any atom is -0.357 e. The van der Waals surface area contributed by atoms with Crippen LogP contribution in [0.4, 0.5) is 4.39 Å². The van der Waals surface area contributed by atoms with E-state index in [-0.39, 0.29) is 34.7 Å². The van der Waals surface area contributed by atoms with E-state index in [1.54, 1.807) is 24.3 Å². The van der Waals surface area contributed by atoms with E-state index in [4.69, 9.17) is 5.14 Å². The third kappa shape index (κ3) is 8.22. The maximum absolute atomic E-state index is 12.9. The Balaban J connectivity index is 0.00000364. The summed E-state index contributed by atoms with van der Waals surface area (Å²) in [6, 6.07) is 12.7. The van der Waals surface area contributed by atoms with Gasteiger partial charge in [0.2, 0.25) is 10.0 Å². The Kier molecular flexibility index (Phi) is 9.67. The molecule has 0 saturated heterocycles. The minimum absolute atomic E-state index is 0. The summed E-state index contributed by atoms with van der Waals surface area (Å²) in [4.78, 5) is 4.57. The van der Waals surface area contributed by atoms with Crippen LogP contribution >= 0.6 is 24.0 Å². The third-order valence-corrected chi connectivity index (χ3v) is 4.56. The number of primary sulfonamides is 1. The number of rotatable bonds is 7. The highest BCUT2D eigenvalue weighted by Gasteiger charge is 2.06. The molecule has 0 amide bonds. The van der Waals surface area contributed by atoms with Crippen LogP contribution in [0.1, 0.15) is 18.1 Å². The van der Waals surface area contributed by atoms with E-state index in [2.05, 4.69) is 15.6 Å². The molecule has 0 unspecified atom stereocenters. The Hall–Kier alpha value is -1.72. The predicted octanol–water partition coefficient (Wildman–Crippen LogP) is 2.39. The van der Waals surface area contributed by atoms with Gasteiger partial charge in [-0.25, -0.2) is 22.9 Å². The molecule has 2 rings (SSSR count). The van der Waals surface area contributed by atoms with Crippen molar-refractivity contribution in [2.75, 3.05) is 13.1 Å². The van der Waals surface area contributed by atoms with Gasteiger partial charge >= 0.3 is 0 Å². The van der Waals surface area contributed by atoms with Crippen LogP contribution in [0.5, 0.6) is 0 Å². The van der Waals surface area contributed by atoms with Crippen LogP contribution in [0.25, 0.3) is 0 Å². The predicted molar refractivity (Wildman–Crippen MR) is 116 cm³/mol. The van der Waals surface area contributed by atoms with Gasteiger partial charge in [0.25, 0.3) is 0 Å². The standard InChI is InChI=1S/C18H23FN4O2S.HI/c1-2-21-18(23-13-15-3-7-16(19)8-4-15)22-12-11-14-5-9-17(10-6-14)26(20,24)25;/h3-10H,2,11-13H2,1H3,(H2,20,24,25)(H2,21,22,23);1H. The normalized spacial score (nSPS) is 11.6. The molecule has 0 aliphatic heterocycles. The maximum atomic E-state index is 12.9. The van der Waals surface area contributed by atoms with E-state index in [1.807, 2.05) is 6.92 Å². The zero-order chi connectivity index (χ0) is 19.0. The summed E-state index contributed by atoms with van der Waals surface area (Å²) in [7, 11) is -3.67. The molecule has 2 aromatic rings. The molecule has 6 nitrogen and oxygen atoms in total. The second kappa shape index (κ2) is 11.2. The molecular weight excluding hydrogens is 482 g/mol. The largest absolute Gasteiger partial charge is 0.357 e. The fraction of sp³-hybridized carbons (Fsp3) is 0.278. The number of hydrogen-bond donors (Lipinski definition) is 3. The number of sulfonamides is 1. The Morgan fingerprint density at radius 3 is 2.19 bits per heavy atom. The lowest BCUT2D eigenvalue weighted by Gasteiger charge is -2.11. The molecule has 0 spiro atoms. The quantitative estimate of drug-likeness (QED) is 0.305. The van der Waals surface area contributed by atoms with Gasteiger partial charge in [0.05, 0.1) is 11.4 Å². The zero-order valence-corrected chi connectivity index (χ0v) is 18.1. The molecule has 0 heterocycles. The van der Waals surface area contributed by atoms with Gasteiger partial charge in [-0.15, -0.1) is 24.0 Å². The Morgan fingerprint density at radius 1 is 1.04 bits per heavy atom. The van der Waals surface area contributed by atoms with Crippen LogP contribution in [0, 0.1) is 5.82 Å². The number of nitrogens with zero attached hydrogens (tertiary/aromatic N) is 1. The highest BCUT2D eigenvalue weighted by Crippen LogP contribution is 2.09. The molecule has 0 saturated carbocycles. The maximum Gasteiger partial charge on any atom is 0.238 e. The van der Waals surface area contributed by atoms with Crippen LogP contribution in [0.2, 0.25) is 0 Å². The number of halogens is 2. The van der Waals surface area contributed by atoms with Crippen LogP contribution in [-0.2, 0) is 23.0 Å². The summed E-state index contributed by atoms with van der Waals surface area (Å²) < 4.78 is 35.4. The first kappa shape index (κ1) is 23.3. The van der Waals surface area contributed by atoms with Gasteiger partial charge in [0.1, 0.15) is 5.82 Å². The van der Waals surface area contributed by atoms with Crippen molar-refractivity contribution in [3.8, 4) is 0 Å². The topological polar surface area (TPSA) is 96.6 Å². The Bertz CT molecular complexity index is 841. The molecule has 0 fully saturated rings. The molecule has 27 heavy (non-hydrogen) atoms. The van der Waals surface area contributed by atoms with Crippen molar-refractivity contribution in [1.29, 1.82) is 0 Å². The average molecular weight is 506 g/mol. The number of nitrogens with one attached hydrogen (secondary N) is 2. The fourth-order valence-corrected chi connectivity index (χ4v) is 2.79. The van der Waals surface area contributed by atoms with Crippen molar-refractivity contribution >= 4 is 40.0 Å². The van der Waals surface area contributed by atoms with Gasteiger partial charge < -0.3 is 10.6 Å². The van der Waals surface area contributed by atoms with Gasteiger partial charge in [-0.05, 0) is 48.7 Å². The number of hydrogen-bond acceptors (Lipinski definition) is 3. The van der Waals surface area contributed by atoms with Gasteiger partial charge in [-0.1, -0.05) is 24.3 Å². The second-order valence-corrected chi connectivity index (χ2v) is 7.25. The smallest absolute Gasteiger partial charge is 0.238 e. The van der Waals surface area contributed by atoms with Crippen molar-refractivity contribution in [3.05, 3.63) is 65.5 Å². The first-order valence-corrected chi connectivity index (χ1v) is 9.81. The molecule has 0 aliphatic rings. The number of nitrogens with two attached hydrogens (primary N) is 1. The van der Waals surface area contributed by atoms with E-state index in [9.17, 15) is 12.8 Å². The minimum atomic E-state index is -3.67. The van der Waals surface area contributed by atoms with Gasteiger partial charge in [0.15, 0.2) is 5.96 Å². The Morgan fingerprint density at radius 2 is 1.63 bits per heavy atom. The van der Waals surface area contributed by atoms with Crippen molar-refractivity contribution in [2.45, 2.75) is 24.8 Å². The average Bonchev–Trinajstić information content (AvgIpc) is 2.61. The van der Waals surface area contributed by atoms with Crippen molar-refractivity contribution in [1.82, 2.24) is 10.6 Å².